The Morgan fingerprint density at radius 3 is 2.45 bits per heavy atom. The molecule has 2 aromatic rings. The van der Waals surface area contributed by atoms with Gasteiger partial charge in [-0.3, -0.25) is 14.4 Å². The van der Waals surface area contributed by atoms with Crippen molar-refractivity contribution >= 4 is 64.1 Å². The third-order valence-corrected chi connectivity index (χ3v) is 7.22. The highest BCUT2D eigenvalue weighted by Gasteiger charge is 2.34. The fraction of sp³-hybridized carbons (Fsp3) is 0.292. The average Bonchev–Trinajstić information content (AvgIpc) is 2.79. The highest BCUT2D eigenvalue weighted by Crippen LogP contribution is 2.32. The van der Waals surface area contributed by atoms with Gasteiger partial charge in [0.1, 0.15) is 0 Å². The second kappa shape index (κ2) is 11.6. The minimum atomic E-state index is -0.971. The van der Waals surface area contributed by atoms with Crippen LogP contribution in [0.15, 0.2) is 59.5 Å². The molecule has 0 bridgehead atoms. The Morgan fingerprint density at radius 2 is 1.79 bits per heavy atom. The number of allylic oxidation sites excluding steroid dienone is 2. The third kappa shape index (κ3) is 6.76. The van der Waals surface area contributed by atoms with E-state index >= 15 is 0 Å². The van der Waals surface area contributed by atoms with Crippen LogP contribution in [0.25, 0.3) is 0 Å². The number of nitrogens with one attached hydrogen (secondary N) is 2. The van der Waals surface area contributed by atoms with Gasteiger partial charge in [-0.25, -0.2) is 0 Å². The van der Waals surface area contributed by atoms with Gasteiger partial charge in [-0.05, 0) is 55.7 Å². The summed E-state index contributed by atoms with van der Waals surface area (Å²) >= 11 is 13.4. The number of carboxylic acids is 1. The molecule has 0 heterocycles. The number of amides is 2. The minimum Gasteiger partial charge on any atom is -0.481 e. The molecule has 6 nitrogen and oxygen atoms in total. The maximum Gasteiger partial charge on any atom is 0.307 e. The average molecular weight is 507 g/mol. The lowest BCUT2D eigenvalue weighted by Crippen LogP contribution is -2.34. The predicted molar refractivity (Wildman–Crippen MR) is 133 cm³/mol. The van der Waals surface area contributed by atoms with Gasteiger partial charge < -0.3 is 15.7 Å². The van der Waals surface area contributed by atoms with E-state index in [0.29, 0.717) is 40.7 Å². The summed E-state index contributed by atoms with van der Waals surface area (Å²) in [5.74, 6) is -2.85. The Bertz CT molecular complexity index is 1080. The first-order valence-electron chi connectivity index (χ1n) is 10.5. The molecular formula is C24H24Cl2N2O4S. The van der Waals surface area contributed by atoms with Crippen molar-refractivity contribution in [3.63, 3.8) is 0 Å². The number of carbonyl (C=O) groups is 3. The van der Waals surface area contributed by atoms with Crippen LogP contribution in [0.3, 0.4) is 0 Å². The molecule has 0 spiro atoms. The number of benzene rings is 2. The number of hydrogen-bond donors (Lipinski definition) is 3. The van der Waals surface area contributed by atoms with Gasteiger partial charge in [-0.2, -0.15) is 0 Å². The van der Waals surface area contributed by atoms with E-state index in [0.717, 1.165) is 4.90 Å². The number of rotatable bonds is 8. The van der Waals surface area contributed by atoms with Crippen molar-refractivity contribution in [1.82, 2.24) is 0 Å². The minimum absolute atomic E-state index is 0.195. The summed E-state index contributed by atoms with van der Waals surface area (Å²) in [5, 5.41) is 15.5. The third-order valence-electron chi connectivity index (χ3n) is 5.32. The molecule has 0 aliphatic heterocycles. The number of halogens is 2. The van der Waals surface area contributed by atoms with Gasteiger partial charge in [0.05, 0.1) is 27.8 Å². The molecule has 2 amide bonds. The van der Waals surface area contributed by atoms with Crippen LogP contribution in [-0.2, 0) is 14.4 Å². The maximum absolute atomic E-state index is 12.8. The summed E-state index contributed by atoms with van der Waals surface area (Å²) in [6, 6.07) is 12.0. The standard InChI is InChI=1S/C24H24Cl2N2O4S/c1-2-21(23(30)28-20-11-10-14(25)12-19(20)26)33-16-7-5-6-15(13-16)27-22(29)17-8-3-4-9-18(17)24(31)32/h3-7,10-13,17-18,21H,2,8-9H2,1H3,(H,27,29)(H,28,30)(H,31,32). The quantitative estimate of drug-likeness (QED) is 0.296. The Morgan fingerprint density at radius 1 is 1.06 bits per heavy atom. The lowest BCUT2D eigenvalue weighted by molar-refractivity contribution is -0.146. The number of hydrogen-bond acceptors (Lipinski definition) is 4. The Kier molecular flexibility index (Phi) is 8.83. The second-order valence-electron chi connectivity index (χ2n) is 7.64. The number of carbonyl (C=O) groups excluding carboxylic acids is 2. The van der Waals surface area contributed by atoms with E-state index in [1.54, 1.807) is 42.5 Å². The molecule has 2 aromatic carbocycles. The van der Waals surface area contributed by atoms with Crippen LogP contribution in [-0.4, -0.2) is 28.1 Å². The van der Waals surface area contributed by atoms with Crippen molar-refractivity contribution < 1.29 is 19.5 Å². The molecule has 9 heteroatoms. The van der Waals surface area contributed by atoms with Gasteiger partial charge >= 0.3 is 5.97 Å². The SMILES string of the molecule is CCC(Sc1cccc(NC(=O)C2CC=CCC2C(=O)O)c1)C(=O)Nc1ccc(Cl)cc1Cl. The molecule has 1 aliphatic carbocycles. The van der Waals surface area contributed by atoms with Gasteiger partial charge in [-0.1, -0.05) is 48.3 Å². The molecule has 1 aliphatic rings. The van der Waals surface area contributed by atoms with Gasteiger partial charge in [0.25, 0.3) is 0 Å². The van der Waals surface area contributed by atoms with Gasteiger partial charge in [0.2, 0.25) is 11.8 Å². The molecule has 0 saturated carbocycles. The van der Waals surface area contributed by atoms with Gasteiger partial charge in [0, 0.05) is 15.6 Å². The van der Waals surface area contributed by atoms with E-state index < -0.39 is 17.8 Å². The van der Waals surface area contributed by atoms with Crippen LogP contribution in [0, 0.1) is 11.8 Å². The fourth-order valence-corrected chi connectivity index (χ4v) is 5.02. The molecule has 3 unspecified atom stereocenters. The number of thioether (sulfide) groups is 1. The topological polar surface area (TPSA) is 95.5 Å². The predicted octanol–water partition coefficient (Wildman–Crippen LogP) is 6.11. The first-order valence-corrected chi connectivity index (χ1v) is 12.1. The van der Waals surface area contributed by atoms with E-state index in [1.807, 2.05) is 19.1 Å². The van der Waals surface area contributed by atoms with Crippen LogP contribution in [0.1, 0.15) is 26.2 Å². The summed E-state index contributed by atoms with van der Waals surface area (Å²) in [4.78, 5) is 37.8. The fourth-order valence-electron chi connectivity index (χ4n) is 3.55. The molecular weight excluding hydrogens is 483 g/mol. The molecule has 3 atom stereocenters. The second-order valence-corrected chi connectivity index (χ2v) is 9.76. The zero-order chi connectivity index (χ0) is 24.0. The summed E-state index contributed by atoms with van der Waals surface area (Å²) in [7, 11) is 0. The highest BCUT2D eigenvalue weighted by atomic mass is 35.5. The van der Waals surface area contributed by atoms with Crippen molar-refractivity contribution in [3.8, 4) is 0 Å². The van der Waals surface area contributed by atoms with Crippen molar-refractivity contribution in [1.29, 1.82) is 0 Å². The number of carboxylic acid groups (broad SMARTS) is 1. The summed E-state index contributed by atoms with van der Waals surface area (Å²) in [6.07, 6.45) is 4.95. The Hall–Kier alpha value is -2.48. The van der Waals surface area contributed by atoms with Crippen LogP contribution in [0.5, 0.6) is 0 Å². The van der Waals surface area contributed by atoms with E-state index in [4.69, 9.17) is 23.2 Å². The normalized spacial score (nSPS) is 18.4. The van der Waals surface area contributed by atoms with Crippen molar-refractivity contribution in [2.24, 2.45) is 11.8 Å². The molecule has 0 radical (unpaired) electrons. The number of anilines is 2. The zero-order valence-corrected chi connectivity index (χ0v) is 20.2. The molecule has 0 fully saturated rings. The van der Waals surface area contributed by atoms with Crippen molar-refractivity contribution in [3.05, 3.63) is 64.7 Å². The lowest BCUT2D eigenvalue weighted by Gasteiger charge is -2.24. The molecule has 3 rings (SSSR count). The van der Waals surface area contributed by atoms with Crippen LogP contribution < -0.4 is 10.6 Å². The number of aliphatic carboxylic acids is 1. The Balaban J connectivity index is 1.66. The van der Waals surface area contributed by atoms with Crippen LogP contribution in [0.4, 0.5) is 11.4 Å². The van der Waals surface area contributed by atoms with Gasteiger partial charge in [-0.15, -0.1) is 11.8 Å². The first kappa shape index (κ1) is 25.1. The Labute approximate surface area is 206 Å². The van der Waals surface area contributed by atoms with Crippen LogP contribution in [0.2, 0.25) is 10.0 Å². The molecule has 0 saturated heterocycles. The molecule has 3 N–H and O–H groups in total. The highest BCUT2D eigenvalue weighted by molar-refractivity contribution is 8.00. The molecule has 0 aromatic heterocycles. The largest absolute Gasteiger partial charge is 0.481 e. The summed E-state index contributed by atoms with van der Waals surface area (Å²) in [6.45, 7) is 1.91. The van der Waals surface area contributed by atoms with Gasteiger partial charge in [0.15, 0.2) is 0 Å². The maximum atomic E-state index is 12.8. The van der Waals surface area contributed by atoms with Crippen LogP contribution >= 0.6 is 35.0 Å². The van der Waals surface area contributed by atoms with Crippen molar-refractivity contribution in [2.75, 3.05) is 10.6 Å². The van der Waals surface area contributed by atoms with E-state index in [9.17, 15) is 19.5 Å². The van der Waals surface area contributed by atoms with Crippen molar-refractivity contribution in [2.45, 2.75) is 36.3 Å². The van der Waals surface area contributed by atoms with E-state index in [-0.39, 0.29) is 17.1 Å². The molecule has 174 valence electrons. The van der Waals surface area contributed by atoms with E-state index in [2.05, 4.69) is 10.6 Å². The lowest BCUT2D eigenvalue weighted by atomic mass is 9.82. The molecule has 33 heavy (non-hydrogen) atoms. The van der Waals surface area contributed by atoms with E-state index in [1.165, 1.54) is 11.8 Å². The summed E-state index contributed by atoms with van der Waals surface area (Å²) < 4.78 is 0. The first-order chi connectivity index (χ1) is 15.8. The monoisotopic (exact) mass is 506 g/mol. The summed E-state index contributed by atoms with van der Waals surface area (Å²) in [5.41, 5.74) is 1.04. The smallest absolute Gasteiger partial charge is 0.307 e. The zero-order valence-electron chi connectivity index (χ0n) is 17.9.